The van der Waals surface area contributed by atoms with E-state index in [0.717, 1.165) is 6.20 Å². The lowest BCUT2D eigenvalue weighted by atomic mass is 9.96. The molecule has 0 atom stereocenters. The summed E-state index contributed by atoms with van der Waals surface area (Å²) in [6.45, 7) is 0. The fourth-order valence-electron chi connectivity index (χ4n) is 2.52. The molecule has 2 aromatic heterocycles. The minimum atomic E-state index is -4.70. The molecule has 2 heterocycles. The number of benzene rings is 1. The van der Waals surface area contributed by atoms with E-state index < -0.39 is 29.0 Å². The summed E-state index contributed by atoms with van der Waals surface area (Å²) in [6, 6.07) is 9.37. The van der Waals surface area contributed by atoms with Crippen molar-refractivity contribution in [2.24, 2.45) is 0 Å². The molecular formula is C18H9F3N6O2. The Morgan fingerprint density at radius 1 is 1.10 bits per heavy atom. The SMILES string of the molecule is N#Cc1c(N)[nH]c(=O)c(C#N)c1-c1ccccc1Oc1nccc(C(F)(F)F)n1. The number of pyridine rings is 1. The molecule has 144 valence electrons. The monoisotopic (exact) mass is 398 g/mol. The standard InChI is InChI=1S/C18H9F3N6O2/c19-18(20,21)13-5-6-25-17(26-13)29-12-4-2-1-3-9(12)14-10(7-22)15(24)27-16(28)11(14)8-23/h1-6H,(H3,24,27,28). The van der Waals surface area contributed by atoms with E-state index >= 15 is 0 Å². The molecule has 0 fully saturated rings. The zero-order chi connectivity index (χ0) is 21.2. The number of nitrogens with one attached hydrogen (secondary N) is 1. The van der Waals surface area contributed by atoms with Crippen molar-refractivity contribution < 1.29 is 17.9 Å². The van der Waals surface area contributed by atoms with Crippen molar-refractivity contribution in [3.05, 3.63) is 63.7 Å². The van der Waals surface area contributed by atoms with E-state index in [1.807, 2.05) is 0 Å². The summed E-state index contributed by atoms with van der Waals surface area (Å²) in [5.74, 6) is -0.346. The summed E-state index contributed by atoms with van der Waals surface area (Å²) in [7, 11) is 0. The molecular weight excluding hydrogens is 389 g/mol. The number of para-hydroxylation sites is 1. The van der Waals surface area contributed by atoms with Crippen LogP contribution in [0.15, 0.2) is 41.3 Å². The van der Waals surface area contributed by atoms with Gasteiger partial charge in [-0.25, -0.2) is 4.98 Å². The number of nitrogens with two attached hydrogens (primary N) is 1. The number of hydrogen-bond acceptors (Lipinski definition) is 7. The first kappa shape index (κ1) is 19.4. The van der Waals surface area contributed by atoms with Crippen LogP contribution in [0, 0.1) is 22.7 Å². The van der Waals surface area contributed by atoms with Crippen LogP contribution in [0.1, 0.15) is 16.8 Å². The van der Waals surface area contributed by atoms with E-state index in [2.05, 4.69) is 15.0 Å². The number of nitrogens with zero attached hydrogens (tertiary/aromatic N) is 4. The average Bonchev–Trinajstić information content (AvgIpc) is 2.67. The Morgan fingerprint density at radius 3 is 2.45 bits per heavy atom. The summed E-state index contributed by atoms with van der Waals surface area (Å²) in [5.41, 5.74) is 3.02. The van der Waals surface area contributed by atoms with Crippen LogP contribution in [0.5, 0.6) is 11.8 Å². The first-order valence-corrected chi connectivity index (χ1v) is 7.79. The van der Waals surface area contributed by atoms with Crippen LogP contribution in [0.25, 0.3) is 11.1 Å². The smallest absolute Gasteiger partial charge is 0.424 e. The number of halogens is 3. The highest BCUT2D eigenvalue weighted by molar-refractivity contribution is 5.83. The molecule has 0 bridgehead atoms. The zero-order valence-electron chi connectivity index (χ0n) is 14.3. The van der Waals surface area contributed by atoms with Crippen molar-refractivity contribution in [3.8, 4) is 35.0 Å². The van der Waals surface area contributed by atoms with E-state index in [0.29, 0.717) is 6.07 Å². The molecule has 0 unspecified atom stereocenters. The number of H-pyrrole nitrogens is 1. The molecule has 0 aliphatic carbocycles. The first-order valence-electron chi connectivity index (χ1n) is 7.79. The van der Waals surface area contributed by atoms with Gasteiger partial charge in [0.05, 0.1) is 0 Å². The Hall–Kier alpha value is -4.38. The molecule has 3 aromatic rings. The van der Waals surface area contributed by atoms with Crippen molar-refractivity contribution in [1.82, 2.24) is 15.0 Å². The van der Waals surface area contributed by atoms with Gasteiger partial charge in [-0.3, -0.25) is 4.79 Å². The van der Waals surface area contributed by atoms with Gasteiger partial charge in [-0.2, -0.15) is 28.7 Å². The van der Waals surface area contributed by atoms with Gasteiger partial charge < -0.3 is 15.5 Å². The summed E-state index contributed by atoms with van der Waals surface area (Å²) < 4.78 is 44.0. The van der Waals surface area contributed by atoms with Gasteiger partial charge in [-0.1, -0.05) is 18.2 Å². The minimum Gasteiger partial charge on any atom is -0.424 e. The molecule has 29 heavy (non-hydrogen) atoms. The zero-order valence-corrected chi connectivity index (χ0v) is 14.3. The van der Waals surface area contributed by atoms with Gasteiger partial charge in [0.1, 0.15) is 34.8 Å². The lowest BCUT2D eigenvalue weighted by Gasteiger charge is -2.13. The maximum Gasteiger partial charge on any atom is 0.433 e. The maximum atomic E-state index is 12.9. The normalized spacial score (nSPS) is 10.8. The van der Waals surface area contributed by atoms with Gasteiger partial charge in [0.2, 0.25) is 0 Å². The van der Waals surface area contributed by atoms with Crippen LogP contribution in [-0.2, 0) is 6.18 Å². The third-order valence-electron chi connectivity index (χ3n) is 3.75. The van der Waals surface area contributed by atoms with Crippen molar-refractivity contribution in [2.45, 2.75) is 6.18 Å². The third kappa shape index (κ3) is 3.70. The quantitative estimate of drug-likeness (QED) is 0.691. The lowest BCUT2D eigenvalue weighted by Crippen LogP contribution is -2.16. The lowest BCUT2D eigenvalue weighted by molar-refractivity contribution is -0.141. The maximum absolute atomic E-state index is 12.9. The predicted octanol–water partition coefficient (Wildman–Crippen LogP) is 2.97. The minimum absolute atomic E-state index is 0.0789. The van der Waals surface area contributed by atoms with Gasteiger partial charge in [0, 0.05) is 17.3 Å². The number of aromatic amines is 1. The summed E-state index contributed by atoms with van der Waals surface area (Å²) in [5, 5.41) is 18.8. The molecule has 0 amide bonds. The highest BCUT2D eigenvalue weighted by Crippen LogP contribution is 2.37. The van der Waals surface area contributed by atoms with E-state index in [1.54, 1.807) is 12.1 Å². The largest absolute Gasteiger partial charge is 0.433 e. The van der Waals surface area contributed by atoms with Gasteiger partial charge >= 0.3 is 12.2 Å². The summed E-state index contributed by atoms with van der Waals surface area (Å²) >= 11 is 0. The van der Waals surface area contributed by atoms with E-state index in [4.69, 9.17) is 10.5 Å². The molecule has 0 aliphatic heterocycles. The predicted molar refractivity (Wildman–Crippen MR) is 93.4 cm³/mol. The molecule has 0 radical (unpaired) electrons. The molecule has 11 heteroatoms. The van der Waals surface area contributed by atoms with Gasteiger partial charge in [0.15, 0.2) is 5.69 Å². The Bertz CT molecular complexity index is 1240. The fraction of sp³-hybridized carbons (Fsp3) is 0.0556. The highest BCUT2D eigenvalue weighted by atomic mass is 19.4. The first-order chi connectivity index (χ1) is 13.8. The molecule has 1 aromatic carbocycles. The number of aromatic nitrogens is 3. The second-order valence-electron chi connectivity index (χ2n) is 5.54. The second-order valence-corrected chi connectivity index (χ2v) is 5.54. The third-order valence-corrected chi connectivity index (χ3v) is 3.75. The van der Waals surface area contributed by atoms with Crippen molar-refractivity contribution in [3.63, 3.8) is 0 Å². The molecule has 0 spiro atoms. The van der Waals surface area contributed by atoms with E-state index in [-0.39, 0.29) is 28.3 Å². The van der Waals surface area contributed by atoms with Gasteiger partial charge in [-0.15, -0.1) is 0 Å². The van der Waals surface area contributed by atoms with Crippen LogP contribution in [0.3, 0.4) is 0 Å². The van der Waals surface area contributed by atoms with E-state index in [9.17, 15) is 28.5 Å². The molecule has 0 saturated heterocycles. The molecule has 0 saturated carbocycles. The Kier molecular flexibility index (Phi) is 4.90. The van der Waals surface area contributed by atoms with E-state index in [1.165, 1.54) is 24.3 Å². The summed E-state index contributed by atoms with van der Waals surface area (Å²) in [6.07, 6.45) is -3.83. The van der Waals surface area contributed by atoms with Gasteiger partial charge in [0.25, 0.3) is 5.56 Å². The molecule has 0 aliphatic rings. The van der Waals surface area contributed by atoms with Crippen LogP contribution >= 0.6 is 0 Å². The number of hydrogen-bond donors (Lipinski definition) is 2. The second kappa shape index (κ2) is 7.32. The fourth-order valence-corrected chi connectivity index (χ4v) is 2.52. The number of nitrogen functional groups attached to an aromatic ring is 1. The highest BCUT2D eigenvalue weighted by Gasteiger charge is 2.33. The molecule has 3 N–H and O–H groups in total. The Balaban J connectivity index is 2.20. The molecule has 8 nitrogen and oxygen atoms in total. The Labute approximate surface area is 160 Å². The molecule has 3 rings (SSSR count). The number of nitriles is 2. The van der Waals surface area contributed by atoms with Crippen LogP contribution < -0.4 is 16.0 Å². The topological polar surface area (TPSA) is 141 Å². The van der Waals surface area contributed by atoms with Gasteiger partial charge in [-0.05, 0) is 12.1 Å². The number of rotatable bonds is 3. The number of alkyl halides is 3. The van der Waals surface area contributed by atoms with Crippen LogP contribution in [-0.4, -0.2) is 15.0 Å². The number of ether oxygens (including phenoxy) is 1. The average molecular weight is 398 g/mol. The van der Waals surface area contributed by atoms with Crippen molar-refractivity contribution in [1.29, 1.82) is 10.5 Å². The van der Waals surface area contributed by atoms with Crippen LogP contribution in [0.4, 0.5) is 19.0 Å². The van der Waals surface area contributed by atoms with Crippen LogP contribution in [0.2, 0.25) is 0 Å². The summed E-state index contributed by atoms with van der Waals surface area (Å²) in [4.78, 5) is 21.3. The number of anilines is 1. The van der Waals surface area contributed by atoms with Crippen molar-refractivity contribution in [2.75, 3.05) is 5.73 Å². The Morgan fingerprint density at radius 2 is 1.79 bits per heavy atom. The van der Waals surface area contributed by atoms with Crippen molar-refractivity contribution >= 4 is 5.82 Å².